The highest BCUT2D eigenvalue weighted by molar-refractivity contribution is 9.10. The average molecular weight is 384 g/mol. The summed E-state index contributed by atoms with van der Waals surface area (Å²) in [6, 6.07) is 6.47. The van der Waals surface area contributed by atoms with Gasteiger partial charge in [-0.15, -0.1) is 0 Å². The minimum absolute atomic E-state index is 0.129. The van der Waals surface area contributed by atoms with Crippen LogP contribution in [-0.4, -0.2) is 55.5 Å². The molecule has 0 radical (unpaired) electrons. The molecule has 0 aromatic heterocycles. The molecule has 4 amide bonds. The van der Waals surface area contributed by atoms with Gasteiger partial charge in [0.1, 0.15) is 0 Å². The Morgan fingerprint density at radius 3 is 2.74 bits per heavy atom. The topological polar surface area (TPSA) is 83.0 Å². The van der Waals surface area contributed by atoms with E-state index in [1.807, 2.05) is 18.2 Å². The number of rotatable bonds is 5. The minimum Gasteiger partial charge on any atom is -0.336 e. The fraction of sp³-hybridized carbons (Fsp3) is 0.400. The molecule has 8 heteroatoms. The summed E-state index contributed by atoms with van der Waals surface area (Å²) in [5, 5.41) is 5.40. The van der Waals surface area contributed by atoms with E-state index in [2.05, 4.69) is 26.6 Å². The first-order chi connectivity index (χ1) is 10.9. The second-order valence-corrected chi connectivity index (χ2v) is 6.35. The number of quaternary nitrogens is 1. The van der Waals surface area contributed by atoms with Crippen LogP contribution in [0, 0.1) is 0 Å². The van der Waals surface area contributed by atoms with Gasteiger partial charge in [0.25, 0.3) is 11.8 Å². The number of carbonyl (C=O) groups excluding carboxylic acids is 3. The van der Waals surface area contributed by atoms with Crippen molar-refractivity contribution in [3.05, 3.63) is 28.7 Å². The predicted octanol–water partition coefficient (Wildman–Crippen LogP) is -0.157. The van der Waals surface area contributed by atoms with Crippen LogP contribution in [0.25, 0.3) is 0 Å². The molecule has 2 rings (SSSR count). The van der Waals surface area contributed by atoms with E-state index in [4.69, 9.17) is 0 Å². The van der Waals surface area contributed by atoms with Crippen LogP contribution in [0.15, 0.2) is 28.7 Å². The maximum atomic E-state index is 12.3. The molecule has 0 aliphatic carbocycles. The van der Waals surface area contributed by atoms with Crippen LogP contribution in [-0.2, 0) is 9.59 Å². The summed E-state index contributed by atoms with van der Waals surface area (Å²) in [6.07, 6.45) is 0. The molecule has 1 heterocycles. The van der Waals surface area contributed by atoms with Crippen LogP contribution < -0.4 is 15.5 Å². The van der Waals surface area contributed by atoms with Gasteiger partial charge in [0.15, 0.2) is 12.6 Å². The molecular weight excluding hydrogens is 364 g/mol. The normalized spacial score (nSPS) is 16.7. The second-order valence-electron chi connectivity index (χ2n) is 5.49. The van der Waals surface area contributed by atoms with E-state index in [1.165, 1.54) is 4.90 Å². The maximum Gasteiger partial charge on any atom is 0.324 e. The van der Waals surface area contributed by atoms with Gasteiger partial charge in [-0.3, -0.25) is 14.5 Å². The first-order valence-corrected chi connectivity index (χ1v) is 8.15. The summed E-state index contributed by atoms with van der Waals surface area (Å²) in [7, 11) is 1.76. The van der Waals surface area contributed by atoms with Crippen molar-refractivity contribution in [2.75, 3.05) is 32.0 Å². The van der Waals surface area contributed by atoms with E-state index in [1.54, 1.807) is 20.0 Å². The number of halogens is 1. The first kappa shape index (κ1) is 17.4. The highest BCUT2D eigenvalue weighted by atomic mass is 79.9. The summed E-state index contributed by atoms with van der Waals surface area (Å²) in [5.41, 5.74) is 0.684. The van der Waals surface area contributed by atoms with Gasteiger partial charge in [0.2, 0.25) is 0 Å². The fourth-order valence-corrected chi connectivity index (χ4v) is 2.67. The largest absolute Gasteiger partial charge is 0.336 e. The average Bonchev–Trinajstić information content (AvgIpc) is 2.94. The summed E-state index contributed by atoms with van der Waals surface area (Å²) in [4.78, 5) is 37.9. The van der Waals surface area contributed by atoms with Crippen LogP contribution >= 0.6 is 15.9 Å². The molecule has 2 atom stereocenters. The number of likely N-dealkylation sites (N-methyl/N-ethyl adjacent to an activating group) is 1. The third-order valence-electron chi connectivity index (χ3n) is 3.82. The van der Waals surface area contributed by atoms with Crippen molar-refractivity contribution in [3.8, 4) is 0 Å². The van der Waals surface area contributed by atoms with E-state index < -0.39 is 6.04 Å². The van der Waals surface area contributed by atoms with Crippen LogP contribution in [0.5, 0.6) is 0 Å². The molecule has 1 fully saturated rings. The number of hydrogen-bond acceptors (Lipinski definition) is 3. The Morgan fingerprint density at radius 1 is 1.43 bits per heavy atom. The molecule has 1 aliphatic heterocycles. The van der Waals surface area contributed by atoms with Crippen molar-refractivity contribution in [3.63, 3.8) is 0 Å². The summed E-state index contributed by atoms with van der Waals surface area (Å²) < 4.78 is 0.795. The number of benzene rings is 1. The zero-order chi connectivity index (χ0) is 17.0. The third-order valence-corrected chi connectivity index (χ3v) is 4.51. The number of amides is 4. The fourth-order valence-electron chi connectivity index (χ4n) is 2.29. The van der Waals surface area contributed by atoms with E-state index in [0.29, 0.717) is 18.8 Å². The zero-order valence-electron chi connectivity index (χ0n) is 13.1. The van der Waals surface area contributed by atoms with Crippen LogP contribution in [0.3, 0.4) is 0 Å². The van der Waals surface area contributed by atoms with Crippen LogP contribution in [0.2, 0.25) is 0 Å². The van der Waals surface area contributed by atoms with Gasteiger partial charge in [-0.25, -0.2) is 4.79 Å². The second kappa shape index (κ2) is 7.56. The Hall–Kier alpha value is -1.93. The maximum absolute atomic E-state index is 12.3. The molecule has 23 heavy (non-hydrogen) atoms. The Bertz CT molecular complexity index is 622. The summed E-state index contributed by atoms with van der Waals surface area (Å²) in [6.45, 7) is 2.69. The number of anilines is 1. The minimum atomic E-state index is -0.483. The Kier molecular flexibility index (Phi) is 5.73. The SMILES string of the molecule is C[C@@H](C(=O)N1CCNC1=O)[NH+](C)CC(=O)Nc1ccccc1Br. The van der Waals surface area contributed by atoms with E-state index in [0.717, 1.165) is 9.37 Å². The van der Waals surface area contributed by atoms with Gasteiger partial charge in [0.05, 0.1) is 12.7 Å². The van der Waals surface area contributed by atoms with Crippen molar-refractivity contribution in [2.24, 2.45) is 0 Å². The molecule has 0 spiro atoms. The Labute approximate surface area is 143 Å². The molecule has 1 saturated heterocycles. The highest BCUT2D eigenvalue weighted by Crippen LogP contribution is 2.20. The lowest BCUT2D eigenvalue weighted by Gasteiger charge is -2.23. The van der Waals surface area contributed by atoms with Gasteiger partial charge in [0, 0.05) is 17.6 Å². The van der Waals surface area contributed by atoms with Gasteiger partial charge in [-0.2, -0.15) is 0 Å². The van der Waals surface area contributed by atoms with Gasteiger partial charge >= 0.3 is 6.03 Å². The van der Waals surface area contributed by atoms with Crippen molar-refractivity contribution < 1.29 is 19.3 Å². The Morgan fingerprint density at radius 2 is 2.13 bits per heavy atom. The molecule has 3 N–H and O–H groups in total. The van der Waals surface area contributed by atoms with Gasteiger partial charge in [-0.05, 0) is 35.0 Å². The highest BCUT2D eigenvalue weighted by Gasteiger charge is 2.34. The van der Waals surface area contributed by atoms with Crippen molar-refractivity contribution in [2.45, 2.75) is 13.0 Å². The molecule has 0 bridgehead atoms. The standard InChI is InChI=1S/C15H19BrN4O3/c1-10(14(22)20-8-7-17-15(20)23)19(2)9-13(21)18-12-6-4-3-5-11(12)16/h3-6,10H,7-9H2,1-2H3,(H,17,23)(H,18,21)/p+1/t10-/m0/s1. The van der Waals surface area contributed by atoms with Gasteiger partial charge in [-0.1, -0.05) is 12.1 Å². The number of urea groups is 1. The molecule has 1 aliphatic rings. The predicted molar refractivity (Wildman–Crippen MR) is 89.1 cm³/mol. The van der Waals surface area contributed by atoms with Crippen LogP contribution in [0.1, 0.15) is 6.92 Å². The number of imide groups is 1. The summed E-state index contributed by atoms with van der Waals surface area (Å²) in [5.74, 6) is -0.467. The molecule has 124 valence electrons. The smallest absolute Gasteiger partial charge is 0.324 e. The van der Waals surface area contributed by atoms with E-state index >= 15 is 0 Å². The molecule has 0 saturated carbocycles. The number of carbonyl (C=O) groups is 3. The third kappa shape index (κ3) is 4.29. The molecule has 1 aromatic carbocycles. The number of nitrogens with one attached hydrogen (secondary N) is 3. The molecular formula is C15H20BrN4O3+. The number of nitrogens with zero attached hydrogens (tertiary/aromatic N) is 1. The van der Waals surface area contributed by atoms with Crippen molar-refractivity contribution in [1.82, 2.24) is 10.2 Å². The van der Waals surface area contributed by atoms with Gasteiger partial charge < -0.3 is 15.5 Å². The Balaban J connectivity index is 1.91. The van der Waals surface area contributed by atoms with E-state index in [-0.39, 0.29) is 24.4 Å². The lowest BCUT2D eigenvalue weighted by Crippen LogP contribution is -3.15. The molecule has 1 unspecified atom stereocenters. The molecule has 7 nitrogen and oxygen atoms in total. The number of hydrogen-bond donors (Lipinski definition) is 3. The van der Waals surface area contributed by atoms with Crippen molar-refractivity contribution >= 4 is 39.5 Å². The quantitative estimate of drug-likeness (QED) is 0.660. The lowest BCUT2D eigenvalue weighted by atomic mass is 10.2. The molecule has 1 aromatic rings. The summed E-state index contributed by atoms with van der Waals surface area (Å²) >= 11 is 3.37. The number of para-hydroxylation sites is 1. The zero-order valence-corrected chi connectivity index (χ0v) is 14.6. The van der Waals surface area contributed by atoms with Crippen LogP contribution in [0.4, 0.5) is 10.5 Å². The van der Waals surface area contributed by atoms with Crippen molar-refractivity contribution in [1.29, 1.82) is 0 Å². The van der Waals surface area contributed by atoms with E-state index in [9.17, 15) is 14.4 Å². The first-order valence-electron chi connectivity index (χ1n) is 7.36. The lowest BCUT2D eigenvalue weighted by molar-refractivity contribution is -0.886. The monoisotopic (exact) mass is 383 g/mol.